The Kier molecular flexibility index (Phi) is 8.00. The fourth-order valence-electron chi connectivity index (χ4n) is 4.54. The van der Waals surface area contributed by atoms with Crippen molar-refractivity contribution in [3.63, 3.8) is 0 Å². The Morgan fingerprint density at radius 3 is 2.39 bits per heavy atom. The third-order valence-electron chi connectivity index (χ3n) is 6.40. The molecule has 5 nitrogen and oxygen atoms in total. The summed E-state index contributed by atoms with van der Waals surface area (Å²) >= 11 is 6.32. The van der Waals surface area contributed by atoms with E-state index in [4.69, 9.17) is 26.1 Å². The molecule has 1 heterocycles. The van der Waals surface area contributed by atoms with E-state index >= 15 is 0 Å². The number of benzene rings is 3. The van der Waals surface area contributed by atoms with E-state index in [2.05, 4.69) is 29.2 Å². The van der Waals surface area contributed by atoms with Gasteiger partial charge < -0.3 is 14.4 Å². The highest BCUT2D eigenvalue weighted by molar-refractivity contribution is 6.37. The fraction of sp³-hybridized carbons (Fsp3) is 0.333. The van der Waals surface area contributed by atoms with E-state index in [0.717, 1.165) is 48.5 Å². The second kappa shape index (κ2) is 11.2. The first-order valence-corrected chi connectivity index (χ1v) is 12.6. The predicted octanol–water partition coefficient (Wildman–Crippen LogP) is 6.35. The molecule has 0 fully saturated rings. The molecule has 0 atom stereocenters. The molecule has 3 aromatic carbocycles. The zero-order valence-corrected chi connectivity index (χ0v) is 22.1. The number of rotatable bonds is 8. The van der Waals surface area contributed by atoms with Gasteiger partial charge in [0, 0.05) is 29.9 Å². The van der Waals surface area contributed by atoms with Crippen LogP contribution in [0.2, 0.25) is 0 Å². The summed E-state index contributed by atoms with van der Waals surface area (Å²) in [7, 11) is 3.27. The van der Waals surface area contributed by atoms with Crippen molar-refractivity contribution in [2.24, 2.45) is 4.99 Å². The maximum Gasteiger partial charge on any atom is 0.183 e. The number of methoxy groups -OCH3 is 2. The van der Waals surface area contributed by atoms with Gasteiger partial charge in [0.15, 0.2) is 17.3 Å². The molecule has 0 saturated carbocycles. The Labute approximate surface area is 218 Å². The number of amidine groups is 1. The van der Waals surface area contributed by atoms with Crippen molar-refractivity contribution >= 4 is 28.9 Å². The van der Waals surface area contributed by atoms with Gasteiger partial charge in [-0.05, 0) is 80.6 Å². The summed E-state index contributed by atoms with van der Waals surface area (Å²) in [6.07, 6.45) is 2.70. The molecule has 6 heteroatoms. The van der Waals surface area contributed by atoms with Gasteiger partial charge in [0.05, 0.1) is 14.2 Å². The van der Waals surface area contributed by atoms with Gasteiger partial charge in [-0.1, -0.05) is 30.3 Å². The normalized spacial score (nSPS) is 13.8. The van der Waals surface area contributed by atoms with E-state index in [9.17, 15) is 4.79 Å². The summed E-state index contributed by atoms with van der Waals surface area (Å²) in [4.78, 5) is 19.2. The molecular formula is C30H33ClN2O3. The van der Waals surface area contributed by atoms with E-state index in [1.165, 1.54) is 5.56 Å². The van der Waals surface area contributed by atoms with Crippen molar-refractivity contribution in [2.75, 3.05) is 32.2 Å². The number of Topliss-reactive ketones (excluding diaryl/α,β-unsaturated/α-hetero) is 1. The van der Waals surface area contributed by atoms with Gasteiger partial charge in [0.25, 0.3) is 0 Å². The topological polar surface area (TPSA) is 51.1 Å². The number of ketones is 1. The Morgan fingerprint density at radius 1 is 0.972 bits per heavy atom. The number of halogens is 1. The van der Waals surface area contributed by atoms with Crippen molar-refractivity contribution < 1.29 is 14.3 Å². The number of nitrogens with zero attached hydrogens (tertiary/aromatic N) is 2. The Bertz CT molecular complexity index is 1250. The van der Waals surface area contributed by atoms with Crippen LogP contribution in [0.3, 0.4) is 0 Å². The third kappa shape index (κ3) is 5.73. The highest BCUT2D eigenvalue weighted by Gasteiger charge is 2.28. The van der Waals surface area contributed by atoms with Crippen molar-refractivity contribution in [1.82, 2.24) is 0 Å². The van der Waals surface area contributed by atoms with Crippen molar-refractivity contribution in [3.8, 4) is 11.5 Å². The molecule has 0 radical (unpaired) electrons. The molecule has 0 spiro atoms. The Balaban J connectivity index is 1.73. The molecular weight excluding hydrogens is 472 g/mol. The highest BCUT2D eigenvalue weighted by Crippen LogP contribution is 2.33. The van der Waals surface area contributed by atoms with Gasteiger partial charge in [-0.15, -0.1) is 11.6 Å². The standard InChI is InChI=1S/C30H33ClN2O3/c1-30(2,31)28(34)23-12-14-25-22(19-23)11-8-18-33(25)29(32-17-16-21-9-6-5-7-10-21)24-13-15-26(35-3)27(20-24)36-4/h5-7,9-10,12-15,19-20H,8,11,16-18H2,1-4H3. The number of aryl methyl sites for hydroxylation is 1. The van der Waals surface area contributed by atoms with Crippen LogP contribution < -0.4 is 14.4 Å². The highest BCUT2D eigenvalue weighted by atomic mass is 35.5. The lowest BCUT2D eigenvalue weighted by atomic mass is 9.93. The van der Waals surface area contributed by atoms with Crippen molar-refractivity contribution in [3.05, 3.63) is 89.0 Å². The number of anilines is 1. The minimum atomic E-state index is -0.938. The van der Waals surface area contributed by atoms with Gasteiger partial charge in [0.1, 0.15) is 10.7 Å². The van der Waals surface area contributed by atoms with Crippen LogP contribution in [-0.4, -0.2) is 43.8 Å². The minimum absolute atomic E-state index is 0.0688. The summed E-state index contributed by atoms with van der Waals surface area (Å²) in [5, 5.41) is 0. The monoisotopic (exact) mass is 504 g/mol. The largest absolute Gasteiger partial charge is 0.493 e. The average Bonchev–Trinajstić information content (AvgIpc) is 2.90. The van der Waals surface area contributed by atoms with E-state index < -0.39 is 4.87 Å². The number of alkyl halides is 1. The third-order valence-corrected chi connectivity index (χ3v) is 6.57. The van der Waals surface area contributed by atoms with Gasteiger partial charge in [-0.3, -0.25) is 9.79 Å². The maximum absolute atomic E-state index is 12.8. The smallest absolute Gasteiger partial charge is 0.183 e. The van der Waals surface area contributed by atoms with E-state index in [1.807, 2.05) is 42.5 Å². The molecule has 0 bridgehead atoms. The molecule has 36 heavy (non-hydrogen) atoms. The van der Waals surface area contributed by atoms with Gasteiger partial charge in [-0.25, -0.2) is 0 Å². The lowest BCUT2D eigenvalue weighted by Crippen LogP contribution is -2.37. The van der Waals surface area contributed by atoms with E-state index in [-0.39, 0.29) is 5.78 Å². The van der Waals surface area contributed by atoms with E-state index in [1.54, 1.807) is 28.1 Å². The van der Waals surface area contributed by atoms with Crippen LogP contribution in [0, 0.1) is 0 Å². The van der Waals surface area contributed by atoms with Crippen LogP contribution in [0.15, 0.2) is 71.7 Å². The second-order valence-electron chi connectivity index (χ2n) is 9.41. The van der Waals surface area contributed by atoms with Crippen molar-refractivity contribution in [1.29, 1.82) is 0 Å². The molecule has 1 aliphatic heterocycles. The summed E-state index contributed by atoms with van der Waals surface area (Å²) < 4.78 is 11.0. The molecule has 0 N–H and O–H groups in total. The van der Waals surface area contributed by atoms with Gasteiger partial charge in [0.2, 0.25) is 0 Å². The Hall–Kier alpha value is -3.31. The maximum atomic E-state index is 12.8. The first-order chi connectivity index (χ1) is 17.3. The lowest BCUT2D eigenvalue weighted by molar-refractivity contribution is 0.0954. The molecule has 0 aliphatic carbocycles. The van der Waals surface area contributed by atoms with E-state index in [0.29, 0.717) is 23.6 Å². The lowest BCUT2D eigenvalue weighted by Gasteiger charge is -2.33. The van der Waals surface area contributed by atoms with Gasteiger partial charge >= 0.3 is 0 Å². The number of carbonyl (C=O) groups excluding carboxylic acids is 1. The van der Waals surface area contributed by atoms with Crippen LogP contribution in [0.4, 0.5) is 5.69 Å². The number of hydrogen-bond donors (Lipinski definition) is 0. The van der Waals surface area contributed by atoms with Gasteiger partial charge in [-0.2, -0.15) is 0 Å². The quantitative estimate of drug-likeness (QED) is 0.155. The molecule has 3 aromatic rings. The van der Waals surface area contributed by atoms with Crippen LogP contribution in [0.25, 0.3) is 0 Å². The zero-order valence-electron chi connectivity index (χ0n) is 21.4. The Morgan fingerprint density at radius 2 is 1.69 bits per heavy atom. The summed E-state index contributed by atoms with van der Waals surface area (Å²) in [6.45, 7) is 4.95. The summed E-state index contributed by atoms with van der Waals surface area (Å²) in [5.41, 5.74) is 5.04. The molecule has 4 rings (SSSR count). The number of ether oxygens (including phenoxy) is 2. The first kappa shape index (κ1) is 25.8. The number of carbonyl (C=O) groups is 1. The second-order valence-corrected chi connectivity index (χ2v) is 10.4. The van der Waals surface area contributed by atoms with Crippen LogP contribution in [0.5, 0.6) is 11.5 Å². The summed E-state index contributed by atoms with van der Waals surface area (Å²) in [6, 6.07) is 22.2. The fourth-order valence-corrected chi connectivity index (χ4v) is 4.65. The first-order valence-electron chi connectivity index (χ1n) is 12.3. The van der Waals surface area contributed by atoms with Crippen molar-refractivity contribution in [2.45, 2.75) is 38.0 Å². The van der Waals surface area contributed by atoms with Crippen LogP contribution >= 0.6 is 11.6 Å². The molecule has 188 valence electrons. The molecule has 0 amide bonds. The SMILES string of the molecule is COc1ccc(C(=NCCc2ccccc2)N2CCCc3cc(C(=O)C(C)(C)Cl)ccc32)cc1OC. The number of aliphatic imine (C=N–C) groups is 1. The molecule has 0 aromatic heterocycles. The van der Waals surface area contributed by atoms with Crippen LogP contribution in [-0.2, 0) is 12.8 Å². The van der Waals surface area contributed by atoms with Crippen LogP contribution in [0.1, 0.15) is 47.3 Å². The minimum Gasteiger partial charge on any atom is -0.493 e. The average molecular weight is 505 g/mol. The molecule has 0 unspecified atom stereocenters. The number of hydrogen-bond acceptors (Lipinski definition) is 4. The predicted molar refractivity (Wildman–Crippen MR) is 147 cm³/mol. The summed E-state index contributed by atoms with van der Waals surface area (Å²) in [5.74, 6) is 2.15. The molecule has 1 aliphatic rings. The molecule has 0 saturated heterocycles. The number of fused-ring (bicyclic) bond motifs is 1. The zero-order chi connectivity index (χ0) is 25.7.